The Kier molecular flexibility index (Phi) is 7.12. The lowest BCUT2D eigenvalue weighted by Gasteiger charge is -2.38. The molecule has 0 atom stereocenters. The first kappa shape index (κ1) is 21.1. The lowest BCUT2D eigenvalue weighted by molar-refractivity contribution is -0.141. The molecule has 0 bridgehead atoms. The first-order chi connectivity index (χ1) is 14.0. The number of likely N-dealkylation sites (tertiary alicyclic amines) is 1. The zero-order valence-corrected chi connectivity index (χ0v) is 17.4. The highest BCUT2D eigenvalue weighted by molar-refractivity contribution is 5.94. The number of ether oxygens (including phenoxy) is 1. The van der Waals surface area contributed by atoms with Crippen molar-refractivity contribution in [2.75, 3.05) is 46.4 Å². The van der Waals surface area contributed by atoms with Gasteiger partial charge in [-0.15, -0.1) is 0 Å². The van der Waals surface area contributed by atoms with Crippen molar-refractivity contribution in [3.05, 3.63) is 29.8 Å². The number of hydrogen-bond acceptors (Lipinski definition) is 4. The molecule has 0 spiro atoms. The number of hydrogen-bond donors (Lipinski definition) is 0. The van der Waals surface area contributed by atoms with Gasteiger partial charge in [-0.05, 0) is 43.5 Å². The van der Waals surface area contributed by atoms with Crippen molar-refractivity contribution in [1.82, 2.24) is 14.7 Å². The number of amides is 3. The third-order valence-corrected chi connectivity index (χ3v) is 5.88. The Morgan fingerprint density at radius 2 is 1.48 bits per heavy atom. The zero-order chi connectivity index (χ0) is 20.8. The van der Waals surface area contributed by atoms with Crippen LogP contribution in [-0.4, -0.2) is 78.8 Å². The standard InChI is InChI=1S/C22H31N3O4/c1-3-4-20(26)23-11-9-18(10-12-23)22(28)25-15-13-24(14-16-25)21(27)17-5-7-19(29-2)8-6-17/h5-8,18H,3-4,9-16H2,1-2H3. The zero-order valence-electron chi connectivity index (χ0n) is 17.4. The first-order valence-corrected chi connectivity index (χ1v) is 10.5. The quantitative estimate of drug-likeness (QED) is 0.757. The molecule has 2 heterocycles. The summed E-state index contributed by atoms with van der Waals surface area (Å²) in [6.07, 6.45) is 2.92. The molecular weight excluding hydrogens is 370 g/mol. The number of piperidine rings is 1. The molecule has 7 nitrogen and oxygen atoms in total. The van der Waals surface area contributed by atoms with E-state index in [1.165, 1.54) is 0 Å². The van der Waals surface area contributed by atoms with E-state index in [4.69, 9.17) is 4.74 Å². The van der Waals surface area contributed by atoms with Crippen LogP contribution in [0.4, 0.5) is 0 Å². The van der Waals surface area contributed by atoms with Crippen molar-refractivity contribution in [2.24, 2.45) is 5.92 Å². The third kappa shape index (κ3) is 5.08. The fourth-order valence-electron chi connectivity index (χ4n) is 4.05. The van der Waals surface area contributed by atoms with E-state index in [2.05, 4.69) is 0 Å². The summed E-state index contributed by atoms with van der Waals surface area (Å²) in [6.45, 7) is 5.57. The van der Waals surface area contributed by atoms with Crippen molar-refractivity contribution >= 4 is 17.7 Å². The summed E-state index contributed by atoms with van der Waals surface area (Å²) in [5.74, 6) is 1.07. The van der Waals surface area contributed by atoms with Crippen molar-refractivity contribution in [3.63, 3.8) is 0 Å². The number of carbonyl (C=O) groups is 3. The van der Waals surface area contributed by atoms with Gasteiger partial charge in [-0.2, -0.15) is 0 Å². The Morgan fingerprint density at radius 1 is 0.897 bits per heavy atom. The molecule has 158 valence electrons. The molecule has 7 heteroatoms. The summed E-state index contributed by atoms with van der Waals surface area (Å²) in [7, 11) is 1.60. The Hall–Kier alpha value is -2.57. The second-order valence-corrected chi connectivity index (χ2v) is 7.75. The topological polar surface area (TPSA) is 70.2 Å². The minimum Gasteiger partial charge on any atom is -0.497 e. The van der Waals surface area contributed by atoms with Crippen molar-refractivity contribution < 1.29 is 19.1 Å². The van der Waals surface area contributed by atoms with Crippen molar-refractivity contribution in [1.29, 1.82) is 0 Å². The predicted octanol–water partition coefficient (Wildman–Crippen LogP) is 2.02. The van der Waals surface area contributed by atoms with Crippen LogP contribution >= 0.6 is 0 Å². The van der Waals surface area contributed by atoms with Crippen LogP contribution in [0.2, 0.25) is 0 Å². The van der Waals surface area contributed by atoms with Crippen LogP contribution in [0, 0.1) is 5.92 Å². The van der Waals surface area contributed by atoms with Crippen LogP contribution in [0.3, 0.4) is 0 Å². The molecule has 0 aliphatic carbocycles. The molecule has 0 unspecified atom stereocenters. The average molecular weight is 402 g/mol. The normalized spacial score (nSPS) is 17.9. The van der Waals surface area contributed by atoms with E-state index >= 15 is 0 Å². The minimum atomic E-state index is -0.0116. The second kappa shape index (κ2) is 9.76. The highest BCUT2D eigenvalue weighted by Crippen LogP contribution is 2.22. The second-order valence-electron chi connectivity index (χ2n) is 7.75. The number of benzene rings is 1. The van der Waals surface area contributed by atoms with Gasteiger partial charge in [-0.25, -0.2) is 0 Å². The molecule has 0 aromatic heterocycles. The summed E-state index contributed by atoms with van der Waals surface area (Å²) in [5, 5.41) is 0. The molecule has 3 rings (SSSR count). The average Bonchev–Trinajstić information content (AvgIpc) is 2.78. The maximum absolute atomic E-state index is 12.9. The fraction of sp³-hybridized carbons (Fsp3) is 0.591. The largest absolute Gasteiger partial charge is 0.497 e. The van der Waals surface area contributed by atoms with Crippen LogP contribution in [-0.2, 0) is 9.59 Å². The molecule has 2 aliphatic rings. The van der Waals surface area contributed by atoms with E-state index in [1.54, 1.807) is 36.3 Å². The molecule has 2 saturated heterocycles. The van der Waals surface area contributed by atoms with E-state index in [9.17, 15) is 14.4 Å². The monoisotopic (exact) mass is 401 g/mol. The van der Waals surface area contributed by atoms with Gasteiger partial charge in [0.15, 0.2) is 0 Å². The van der Waals surface area contributed by atoms with Crippen LogP contribution in [0.25, 0.3) is 0 Å². The van der Waals surface area contributed by atoms with E-state index in [0.29, 0.717) is 51.3 Å². The van der Waals surface area contributed by atoms with Gasteiger partial charge in [0.25, 0.3) is 5.91 Å². The molecule has 0 N–H and O–H groups in total. The minimum absolute atomic E-state index is 0.00971. The lowest BCUT2D eigenvalue weighted by atomic mass is 9.94. The lowest BCUT2D eigenvalue weighted by Crippen LogP contribution is -2.53. The van der Waals surface area contributed by atoms with Crippen molar-refractivity contribution in [3.8, 4) is 5.75 Å². The highest BCUT2D eigenvalue weighted by Gasteiger charge is 2.32. The molecular formula is C22H31N3O4. The van der Waals surface area contributed by atoms with E-state index in [-0.39, 0.29) is 23.6 Å². The maximum atomic E-state index is 12.9. The first-order valence-electron chi connectivity index (χ1n) is 10.5. The van der Waals surface area contributed by atoms with Gasteiger partial charge in [-0.3, -0.25) is 14.4 Å². The van der Waals surface area contributed by atoms with Crippen LogP contribution in [0.15, 0.2) is 24.3 Å². The summed E-state index contributed by atoms with van der Waals surface area (Å²) < 4.78 is 5.13. The molecule has 3 amide bonds. The summed E-state index contributed by atoms with van der Waals surface area (Å²) in [6, 6.07) is 7.11. The highest BCUT2D eigenvalue weighted by atomic mass is 16.5. The van der Waals surface area contributed by atoms with Crippen molar-refractivity contribution in [2.45, 2.75) is 32.6 Å². The van der Waals surface area contributed by atoms with E-state index in [1.807, 2.05) is 16.7 Å². The smallest absolute Gasteiger partial charge is 0.253 e. The third-order valence-electron chi connectivity index (χ3n) is 5.88. The SMILES string of the molecule is CCCC(=O)N1CCC(C(=O)N2CCN(C(=O)c3ccc(OC)cc3)CC2)CC1. The van der Waals surface area contributed by atoms with Gasteiger partial charge in [0.1, 0.15) is 5.75 Å². The molecule has 2 fully saturated rings. The Balaban J connectivity index is 1.47. The van der Waals surface area contributed by atoms with Gasteiger partial charge in [-0.1, -0.05) is 6.92 Å². The van der Waals surface area contributed by atoms with Gasteiger partial charge in [0.2, 0.25) is 11.8 Å². The Labute approximate surface area is 172 Å². The van der Waals surface area contributed by atoms with Crippen LogP contribution in [0.5, 0.6) is 5.75 Å². The van der Waals surface area contributed by atoms with Gasteiger partial charge in [0, 0.05) is 57.2 Å². The number of nitrogens with zero attached hydrogens (tertiary/aromatic N) is 3. The summed E-state index contributed by atoms with van der Waals surface area (Å²) >= 11 is 0. The molecule has 2 aliphatic heterocycles. The summed E-state index contributed by atoms with van der Waals surface area (Å²) in [4.78, 5) is 43.1. The number of methoxy groups -OCH3 is 1. The molecule has 1 aromatic rings. The van der Waals surface area contributed by atoms with E-state index < -0.39 is 0 Å². The molecule has 0 saturated carbocycles. The Bertz CT molecular complexity index is 718. The van der Waals surface area contributed by atoms with Gasteiger partial charge < -0.3 is 19.4 Å². The van der Waals surface area contributed by atoms with Gasteiger partial charge in [0.05, 0.1) is 7.11 Å². The van der Waals surface area contributed by atoms with Gasteiger partial charge >= 0.3 is 0 Å². The van der Waals surface area contributed by atoms with E-state index in [0.717, 1.165) is 25.0 Å². The summed E-state index contributed by atoms with van der Waals surface area (Å²) in [5.41, 5.74) is 0.634. The number of carbonyl (C=O) groups excluding carboxylic acids is 3. The van der Waals surface area contributed by atoms with Crippen LogP contribution in [0.1, 0.15) is 43.0 Å². The fourth-order valence-corrected chi connectivity index (χ4v) is 4.05. The predicted molar refractivity (Wildman–Crippen MR) is 110 cm³/mol. The number of piperazine rings is 1. The number of rotatable bonds is 5. The molecule has 29 heavy (non-hydrogen) atoms. The Morgan fingerprint density at radius 3 is 2.03 bits per heavy atom. The maximum Gasteiger partial charge on any atom is 0.253 e. The molecule has 0 radical (unpaired) electrons. The van der Waals surface area contributed by atoms with Crippen LogP contribution < -0.4 is 4.74 Å². The molecule has 1 aromatic carbocycles.